The zero-order valence-electron chi connectivity index (χ0n) is 9.35. The van der Waals surface area contributed by atoms with Crippen molar-refractivity contribution >= 4 is 5.97 Å². The number of carboxylic acids is 1. The van der Waals surface area contributed by atoms with Gasteiger partial charge in [0.05, 0.1) is 0 Å². The lowest BCUT2D eigenvalue weighted by Crippen LogP contribution is -2.59. The molecule has 0 saturated carbocycles. The molecule has 2 aliphatic rings. The van der Waals surface area contributed by atoms with Gasteiger partial charge in [0.25, 0.3) is 0 Å². The maximum atomic E-state index is 10.6. The Hall–Kier alpha value is -0.610. The molecule has 1 N–H and O–H groups in total. The Morgan fingerprint density at radius 3 is 2.40 bits per heavy atom. The number of likely N-dealkylation sites (N-methyl/N-ethyl adjacent to an activating group) is 1. The first-order valence-electron chi connectivity index (χ1n) is 5.79. The molecule has 2 saturated heterocycles. The predicted molar refractivity (Wildman–Crippen MR) is 57.8 cm³/mol. The first-order chi connectivity index (χ1) is 7.15. The van der Waals surface area contributed by atoms with Crippen molar-refractivity contribution in [1.82, 2.24) is 9.80 Å². The number of nitrogens with zero attached hydrogens (tertiary/aromatic N) is 2. The van der Waals surface area contributed by atoms with E-state index < -0.39 is 5.97 Å². The van der Waals surface area contributed by atoms with Crippen LogP contribution in [0.5, 0.6) is 0 Å². The SMILES string of the molecule is CN1CC(N2CCC(CC(=O)O)CC2)C1. The number of carboxylic acid groups (broad SMARTS) is 1. The molecule has 0 unspecified atom stereocenters. The topological polar surface area (TPSA) is 43.8 Å². The molecule has 4 heteroatoms. The van der Waals surface area contributed by atoms with Crippen molar-refractivity contribution < 1.29 is 9.90 Å². The number of hydrogen-bond donors (Lipinski definition) is 1. The van der Waals surface area contributed by atoms with Crippen LogP contribution in [-0.2, 0) is 4.79 Å². The third-order valence-corrected chi connectivity index (χ3v) is 3.67. The van der Waals surface area contributed by atoms with Crippen molar-refractivity contribution in [2.45, 2.75) is 25.3 Å². The van der Waals surface area contributed by atoms with Crippen molar-refractivity contribution in [2.75, 3.05) is 33.2 Å². The molecular weight excluding hydrogens is 192 g/mol. The van der Waals surface area contributed by atoms with E-state index in [2.05, 4.69) is 16.8 Å². The highest BCUT2D eigenvalue weighted by atomic mass is 16.4. The Kier molecular flexibility index (Phi) is 3.26. The molecule has 2 aliphatic heterocycles. The maximum Gasteiger partial charge on any atom is 0.303 e. The average molecular weight is 212 g/mol. The van der Waals surface area contributed by atoms with Gasteiger partial charge in [-0.3, -0.25) is 9.69 Å². The summed E-state index contributed by atoms with van der Waals surface area (Å²) in [5, 5.41) is 8.71. The Bertz CT molecular complexity index is 231. The second-order valence-electron chi connectivity index (χ2n) is 4.95. The number of aliphatic carboxylic acids is 1. The van der Waals surface area contributed by atoms with Gasteiger partial charge in [-0.2, -0.15) is 0 Å². The Balaban J connectivity index is 1.70. The van der Waals surface area contributed by atoms with Crippen LogP contribution in [0, 0.1) is 5.92 Å². The van der Waals surface area contributed by atoms with Crippen LogP contribution < -0.4 is 0 Å². The molecule has 0 aromatic rings. The number of likely N-dealkylation sites (tertiary alicyclic amines) is 2. The molecule has 0 spiro atoms. The van der Waals surface area contributed by atoms with E-state index in [4.69, 9.17) is 5.11 Å². The minimum atomic E-state index is -0.642. The normalized spacial score (nSPS) is 26.5. The molecular formula is C11H20N2O2. The Morgan fingerprint density at radius 2 is 1.93 bits per heavy atom. The standard InChI is InChI=1S/C11H20N2O2/c1-12-7-10(8-12)13-4-2-9(3-5-13)6-11(14)15/h9-10H,2-8H2,1H3,(H,14,15). The van der Waals surface area contributed by atoms with Crippen LogP contribution in [0.2, 0.25) is 0 Å². The molecule has 86 valence electrons. The maximum absolute atomic E-state index is 10.6. The fourth-order valence-electron chi connectivity index (χ4n) is 2.67. The van der Waals surface area contributed by atoms with E-state index in [0.717, 1.165) is 32.0 Å². The first kappa shape index (κ1) is 10.9. The van der Waals surface area contributed by atoms with Crippen molar-refractivity contribution in [1.29, 1.82) is 0 Å². The van der Waals surface area contributed by atoms with E-state index in [1.807, 2.05) is 0 Å². The van der Waals surface area contributed by atoms with E-state index in [9.17, 15) is 4.79 Å². The van der Waals surface area contributed by atoms with E-state index in [1.54, 1.807) is 0 Å². The summed E-state index contributed by atoms with van der Waals surface area (Å²) >= 11 is 0. The largest absolute Gasteiger partial charge is 0.481 e. The molecule has 0 aromatic heterocycles. The van der Waals surface area contributed by atoms with Crippen LogP contribution >= 0.6 is 0 Å². The number of hydrogen-bond acceptors (Lipinski definition) is 3. The molecule has 0 amide bonds. The van der Waals surface area contributed by atoms with Gasteiger partial charge in [-0.25, -0.2) is 0 Å². The second-order valence-corrected chi connectivity index (χ2v) is 4.95. The van der Waals surface area contributed by atoms with E-state index in [0.29, 0.717) is 12.3 Å². The summed E-state index contributed by atoms with van der Waals surface area (Å²) in [7, 11) is 2.15. The van der Waals surface area contributed by atoms with Crippen molar-refractivity contribution in [2.24, 2.45) is 5.92 Å². The lowest BCUT2D eigenvalue weighted by Gasteiger charge is -2.46. The number of carbonyl (C=O) groups is 1. The fourth-order valence-corrected chi connectivity index (χ4v) is 2.67. The highest BCUT2D eigenvalue weighted by Crippen LogP contribution is 2.24. The molecule has 0 aromatic carbocycles. The summed E-state index contributed by atoms with van der Waals surface area (Å²) in [6, 6.07) is 0.737. The van der Waals surface area contributed by atoms with Crippen LogP contribution in [0.25, 0.3) is 0 Å². The van der Waals surface area contributed by atoms with Crippen molar-refractivity contribution in [3.8, 4) is 0 Å². The molecule has 2 rings (SSSR count). The van der Waals surface area contributed by atoms with Crippen LogP contribution in [-0.4, -0.2) is 60.1 Å². The molecule has 0 aliphatic carbocycles. The predicted octanol–water partition coefficient (Wildman–Crippen LogP) is 0.487. The van der Waals surface area contributed by atoms with Crippen molar-refractivity contribution in [3.63, 3.8) is 0 Å². The minimum Gasteiger partial charge on any atom is -0.481 e. The minimum absolute atomic E-state index is 0.360. The molecule has 2 heterocycles. The highest BCUT2D eigenvalue weighted by molar-refractivity contribution is 5.67. The summed E-state index contributed by atoms with van der Waals surface area (Å²) < 4.78 is 0. The second kappa shape index (κ2) is 4.49. The van der Waals surface area contributed by atoms with Gasteiger partial charge < -0.3 is 10.0 Å². The summed E-state index contributed by atoms with van der Waals surface area (Å²) in [4.78, 5) is 15.4. The fraction of sp³-hybridized carbons (Fsp3) is 0.909. The lowest BCUT2D eigenvalue weighted by atomic mass is 9.92. The molecule has 0 radical (unpaired) electrons. The highest BCUT2D eigenvalue weighted by Gasteiger charge is 2.32. The van der Waals surface area contributed by atoms with Gasteiger partial charge in [-0.1, -0.05) is 0 Å². The summed E-state index contributed by atoms with van der Waals surface area (Å²) in [5.74, 6) is -0.228. The summed E-state index contributed by atoms with van der Waals surface area (Å²) in [5.41, 5.74) is 0. The average Bonchev–Trinajstić information content (AvgIpc) is 2.14. The van der Waals surface area contributed by atoms with Crippen LogP contribution in [0.3, 0.4) is 0 Å². The van der Waals surface area contributed by atoms with Gasteiger partial charge in [-0.15, -0.1) is 0 Å². The summed E-state index contributed by atoms with van der Waals surface area (Å²) in [6.07, 6.45) is 2.48. The van der Waals surface area contributed by atoms with Crippen molar-refractivity contribution in [3.05, 3.63) is 0 Å². The van der Waals surface area contributed by atoms with E-state index in [-0.39, 0.29) is 0 Å². The summed E-state index contributed by atoms with van der Waals surface area (Å²) in [6.45, 7) is 4.56. The van der Waals surface area contributed by atoms with Gasteiger partial charge >= 0.3 is 5.97 Å². The zero-order valence-corrected chi connectivity index (χ0v) is 9.35. The molecule has 15 heavy (non-hydrogen) atoms. The number of piperidine rings is 1. The third kappa shape index (κ3) is 2.69. The molecule has 2 fully saturated rings. The van der Waals surface area contributed by atoms with Crippen LogP contribution in [0.1, 0.15) is 19.3 Å². The van der Waals surface area contributed by atoms with Gasteiger partial charge in [-0.05, 0) is 38.9 Å². The van der Waals surface area contributed by atoms with Gasteiger partial charge in [0, 0.05) is 25.6 Å². The van der Waals surface area contributed by atoms with E-state index >= 15 is 0 Å². The Labute approximate surface area is 90.9 Å². The molecule has 4 nitrogen and oxygen atoms in total. The third-order valence-electron chi connectivity index (χ3n) is 3.67. The lowest BCUT2D eigenvalue weighted by molar-refractivity contribution is -0.138. The first-order valence-corrected chi connectivity index (χ1v) is 5.79. The zero-order chi connectivity index (χ0) is 10.8. The van der Waals surface area contributed by atoms with Gasteiger partial charge in [0.1, 0.15) is 0 Å². The smallest absolute Gasteiger partial charge is 0.303 e. The monoisotopic (exact) mass is 212 g/mol. The Morgan fingerprint density at radius 1 is 1.33 bits per heavy atom. The van der Waals surface area contributed by atoms with Gasteiger partial charge in [0.15, 0.2) is 0 Å². The van der Waals surface area contributed by atoms with Crippen LogP contribution in [0.15, 0.2) is 0 Å². The molecule has 0 atom stereocenters. The van der Waals surface area contributed by atoms with E-state index in [1.165, 1.54) is 13.1 Å². The quantitative estimate of drug-likeness (QED) is 0.739. The van der Waals surface area contributed by atoms with Gasteiger partial charge in [0.2, 0.25) is 0 Å². The van der Waals surface area contributed by atoms with Crippen LogP contribution in [0.4, 0.5) is 0 Å². The molecule has 0 bridgehead atoms. The number of rotatable bonds is 3.